The third-order valence-electron chi connectivity index (χ3n) is 2.94. The Labute approximate surface area is 131 Å². The van der Waals surface area contributed by atoms with Crippen molar-refractivity contribution < 1.29 is 9.36 Å². The Morgan fingerprint density at radius 2 is 1.75 bits per heavy atom. The molecule has 1 aromatic rings. The van der Waals surface area contributed by atoms with E-state index in [1.807, 2.05) is 6.92 Å². The van der Waals surface area contributed by atoms with Crippen LogP contribution in [0.5, 0.6) is 0 Å². The third-order valence-corrected chi connectivity index (χ3v) is 5.39. The van der Waals surface area contributed by atoms with Crippen molar-refractivity contribution in [2.24, 2.45) is 11.3 Å². The molecule has 0 aromatic heterocycles. The average Bonchev–Trinajstić information content (AvgIpc) is 2.25. The molecule has 112 valence electrons. The van der Waals surface area contributed by atoms with E-state index in [0.717, 1.165) is 6.42 Å². The summed E-state index contributed by atoms with van der Waals surface area (Å²) < 4.78 is 12.3. The smallest absolute Gasteiger partial charge is 0.221 e. The van der Waals surface area contributed by atoms with Gasteiger partial charge in [-0.3, -0.25) is 4.79 Å². The summed E-state index contributed by atoms with van der Waals surface area (Å²) in [4.78, 5) is 12.3. The van der Waals surface area contributed by atoms with Crippen LogP contribution >= 0.6 is 31.0 Å². The van der Waals surface area contributed by atoms with Gasteiger partial charge < -0.3 is 4.57 Å². The predicted octanol–water partition coefficient (Wildman–Crippen LogP) is 5.77. The Balaban J connectivity index is 2.81. The Kier molecular flexibility index (Phi) is 6.31. The minimum Gasteiger partial charge on any atom is -0.318 e. The normalized spacial score (nSPS) is 14.9. The third kappa shape index (κ3) is 5.24. The minimum atomic E-state index is -2.39. The first-order chi connectivity index (χ1) is 9.11. The fourth-order valence-corrected chi connectivity index (χ4v) is 4.62. The van der Waals surface area contributed by atoms with Crippen molar-refractivity contribution >= 4 is 36.5 Å². The summed E-state index contributed by atoms with van der Waals surface area (Å²) in [5.41, 5.74) is -0.0545. The van der Waals surface area contributed by atoms with Gasteiger partial charge in [0.15, 0.2) is 0 Å². The SMILES string of the molecule is CC(C[PH](=O)C(=O)c1c(Cl)cccc1Cl)CC(C)(C)C. The lowest BCUT2D eigenvalue weighted by Gasteiger charge is -2.22. The van der Waals surface area contributed by atoms with E-state index in [2.05, 4.69) is 20.8 Å². The van der Waals surface area contributed by atoms with Gasteiger partial charge in [0.1, 0.15) is 7.80 Å². The number of rotatable bonds is 5. The van der Waals surface area contributed by atoms with Gasteiger partial charge in [0.2, 0.25) is 5.52 Å². The zero-order chi connectivity index (χ0) is 15.5. The fourth-order valence-electron chi connectivity index (χ4n) is 2.38. The second kappa shape index (κ2) is 7.11. The molecule has 2 unspecified atom stereocenters. The van der Waals surface area contributed by atoms with Gasteiger partial charge >= 0.3 is 0 Å². The van der Waals surface area contributed by atoms with Crippen LogP contribution in [0.25, 0.3) is 0 Å². The van der Waals surface area contributed by atoms with Crippen LogP contribution < -0.4 is 0 Å². The molecule has 20 heavy (non-hydrogen) atoms. The Bertz CT molecular complexity index is 501. The van der Waals surface area contributed by atoms with Crippen LogP contribution in [0, 0.1) is 11.3 Å². The molecule has 1 aromatic carbocycles. The topological polar surface area (TPSA) is 34.1 Å². The molecule has 0 radical (unpaired) electrons. The number of hydrogen-bond acceptors (Lipinski definition) is 2. The van der Waals surface area contributed by atoms with Gasteiger partial charge in [0, 0.05) is 6.16 Å². The van der Waals surface area contributed by atoms with E-state index in [1.54, 1.807) is 18.2 Å². The van der Waals surface area contributed by atoms with E-state index in [9.17, 15) is 9.36 Å². The summed E-state index contributed by atoms with van der Waals surface area (Å²) in [5, 5.41) is 0.536. The number of carbonyl (C=O) groups is 1. The lowest BCUT2D eigenvalue weighted by atomic mass is 9.86. The summed E-state index contributed by atoms with van der Waals surface area (Å²) in [6, 6.07) is 4.85. The van der Waals surface area contributed by atoms with Crippen molar-refractivity contribution in [3.05, 3.63) is 33.8 Å². The van der Waals surface area contributed by atoms with Crippen LogP contribution in [0.4, 0.5) is 0 Å². The van der Waals surface area contributed by atoms with Gasteiger partial charge in [-0.2, -0.15) is 0 Å². The summed E-state index contributed by atoms with van der Waals surface area (Å²) in [7, 11) is -2.39. The van der Waals surface area contributed by atoms with E-state index in [1.165, 1.54) is 0 Å². The van der Waals surface area contributed by atoms with Crippen molar-refractivity contribution in [2.75, 3.05) is 6.16 Å². The van der Waals surface area contributed by atoms with E-state index in [0.29, 0.717) is 6.16 Å². The largest absolute Gasteiger partial charge is 0.318 e. The lowest BCUT2D eigenvalue weighted by molar-refractivity contribution is 0.107. The molecule has 5 heteroatoms. The molecule has 0 saturated heterocycles. The second-order valence-electron chi connectivity index (χ2n) is 6.42. The molecule has 0 heterocycles. The van der Waals surface area contributed by atoms with Crippen LogP contribution in [0.3, 0.4) is 0 Å². The Hall–Kier alpha value is -0.300. The Morgan fingerprint density at radius 1 is 1.25 bits per heavy atom. The Morgan fingerprint density at radius 3 is 2.20 bits per heavy atom. The molecule has 0 aliphatic heterocycles. The molecule has 0 aliphatic carbocycles. The first-order valence-electron chi connectivity index (χ1n) is 6.63. The number of carbonyl (C=O) groups excluding carboxylic acids is 1. The van der Waals surface area contributed by atoms with Crippen molar-refractivity contribution in [3.63, 3.8) is 0 Å². The van der Waals surface area contributed by atoms with Gasteiger partial charge in [-0.05, 0) is 29.9 Å². The highest BCUT2D eigenvalue weighted by molar-refractivity contribution is 7.64. The average molecular weight is 335 g/mol. The van der Waals surface area contributed by atoms with Gasteiger partial charge in [-0.1, -0.05) is 57.0 Å². The maximum atomic E-state index is 12.3. The summed E-state index contributed by atoms with van der Waals surface area (Å²) >= 11 is 12.0. The summed E-state index contributed by atoms with van der Waals surface area (Å²) in [6.45, 7) is 8.42. The van der Waals surface area contributed by atoms with Gasteiger partial charge in [-0.25, -0.2) is 0 Å². The highest BCUT2D eigenvalue weighted by atomic mass is 35.5. The molecular weight excluding hydrogens is 314 g/mol. The molecule has 0 aliphatic rings. The van der Waals surface area contributed by atoms with Crippen LogP contribution in [0.1, 0.15) is 44.5 Å². The molecular formula is C15H21Cl2O2P. The van der Waals surface area contributed by atoms with Gasteiger partial charge in [0.25, 0.3) is 0 Å². The van der Waals surface area contributed by atoms with Crippen LogP contribution in [-0.4, -0.2) is 11.7 Å². The van der Waals surface area contributed by atoms with E-state index < -0.39 is 13.3 Å². The van der Waals surface area contributed by atoms with Crippen LogP contribution in [0.2, 0.25) is 10.0 Å². The zero-order valence-corrected chi connectivity index (χ0v) is 14.8. The molecule has 0 spiro atoms. The molecule has 0 fully saturated rings. The predicted molar refractivity (Wildman–Crippen MR) is 87.9 cm³/mol. The van der Waals surface area contributed by atoms with Crippen molar-refractivity contribution in [1.29, 1.82) is 0 Å². The highest BCUT2D eigenvalue weighted by Crippen LogP contribution is 2.38. The van der Waals surface area contributed by atoms with Gasteiger partial charge in [0.05, 0.1) is 15.6 Å². The molecule has 0 saturated carbocycles. The maximum Gasteiger partial charge on any atom is 0.221 e. The minimum absolute atomic E-state index is 0.159. The van der Waals surface area contributed by atoms with Crippen molar-refractivity contribution in [2.45, 2.75) is 34.1 Å². The molecule has 0 amide bonds. The van der Waals surface area contributed by atoms with E-state index in [4.69, 9.17) is 23.2 Å². The molecule has 2 atom stereocenters. The maximum absolute atomic E-state index is 12.3. The molecule has 1 rings (SSSR count). The first-order valence-corrected chi connectivity index (χ1v) is 9.00. The number of benzene rings is 1. The monoisotopic (exact) mass is 334 g/mol. The van der Waals surface area contributed by atoms with Crippen molar-refractivity contribution in [3.8, 4) is 0 Å². The zero-order valence-electron chi connectivity index (χ0n) is 12.3. The first kappa shape index (κ1) is 17.8. The lowest BCUT2D eigenvalue weighted by Crippen LogP contribution is -2.13. The summed E-state index contributed by atoms with van der Waals surface area (Å²) in [6.07, 6.45) is 1.33. The molecule has 0 N–H and O–H groups in total. The second-order valence-corrected chi connectivity index (χ2v) is 8.95. The van der Waals surface area contributed by atoms with E-state index in [-0.39, 0.29) is 26.9 Å². The summed E-state index contributed by atoms with van der Waals surface area (Å²) in [5.74, 6) is 0.228. The molecule has 0 bridgehead atoms. The van der Waals surface area contributed by atoms with Crippen molar-refractivity contribution in [1.82, 2.24) is 0 Å². The highest BCUT2D eigenvalue weighted by Gasteiger charge is 2.24. The van der Waals surface area contributed by atoms with Crippen LogP contribution in [-0.2, 0) is 4.57 Å². The number of hydrogen-bond donors (Lipinski definition) is 0. The number of halogens is 2. The van der Waals surface area contributed by atoms with Gasteiger partial charge in [-0.15, -0.1) is 0 Å². The molecule has 2 nitrogen and oxygen atoms in total. The van der Waals surface area contributed by atoms with Crippen LogP contribution in [0.15, 0.2) is 18.2 Å². The fraction of sp³-hybridized carbons (Fsp3) is 0.533. The quantitative estimate of drug-likeness (QED) is 0.641. The van der Waals surface area contributed by atoms with E-state index >= 15 is 0 Å². The standard InChI is InChI=1S/C15H21Cl2O2P/c1-10(8-15(2,3)4)9-20(19)14(18)13-11(16)6-5-7-12(13)17/h5-7,10,20H,8-9H2,1-4H3.